The molecular weight excluding hydrogens is 428 g/mol. The maximum absolute atomic E-state index is 4.32. The summed E-state index contributed by atoms with van der Waals surface area (Å²) in [5.41, 5.74) is 10.9. The van der Waals surface area contributed by atoms with Crippen molar-refractivity contribution in [2.45, 2.75) is 6.92 Å². The SMILES string of the molecule is Cc1cc(-c2ccc3c(c2)c2ccncc2n3C)cc(-c2ccc3c(c2)c2ccncc2n3C)c1. The Labute approximate surface area is 203 Å². The van der Waals surface area contributed by atoms with Gasteiger partial charge in [-0.15, -0.1) is 0 Å². The first-order chi connectivity index (χ1) is 17.1. The lowest BCUT2D eigenvalue weighted by molar-refractivity contribution is 1.01. The molecule has 35 heavy (non-hydrogen) atoms. The molecule has 0 saturated heterocycles. The molecule has 4 heterocycles. The monoisotopic (exact) mass is 452 g/mol. The average molecular weight is 453 g/mol. The van der Waals surface area contributed by atoms with Crippen LogP contribution in [0, 0.1) is 6.92 Å². The van der Waals surface area contributed by atoms with E-state index < -0.39 is 0 Å². The van der Waals surface area contributed by atoms with E-state index in [4.69, 9.17) is 0 Å². The third-order valence-electron chi connectivity index (χ3n) is 7.36. The first-order valence-corrected chi connectivity index (χ1v) is 11.9. The molecule has 7 rings (SSSR count). The van der Waals surface area contributed by atoms with Gasteiger partial charge in [0.25, 0.3) is 0 Å². The number of nitrogens with zero attached hydrogens (tertiary/aromatic N) is 4. The molecule has 4 aromatic heterocycles. The topological polar surface area (TPSA) is 35.6 Å². The van der Waals surface area contributed by atoms with E-state index in [1.807, 2.05) is 24.8 Å². The number of aryl methyl sites for hydroxylation is 3. The van der Waals surface area contributed by atoms with E-state index in [1.54, 1.807) is 0 Å². The normalized spacial score (nSPS) is 11.9. The second-order valence-corrected chi connectivity index (χ2v) is 9.46. The molecule has 4 nitrogen and oxygen atoms in total. The van der Waals surface area contributed by atoms with Crippen molar-refractivity contribution in [2.75, 3.05) is 0 Å². The zero-order valence-electron chi connectivity index (χ0n) is 19.9. The summed E-state index contributed by atoms with van der Waals surface area (Å²) in [6.45, 7) is 2.18. The van der Waals surface area contributed by atoms with Gasteiger partial charge in [-0.3, -0.25) is 9.97 Å². The van der Waals surface area contributed by atoms with E-state index in [1.165, 1.54) is 60.4 Å². The first kappa shape index (κ1) is 20.0. The minimum atomic E-state index is 1.16. The second-order valence-electron chi connectivity index (χ2n) is 9.46. The van der Waals surface area contributed by atoms with Crippen molar-refractivity contribution >= 4 is 43.6 Å². The maximum Gasteiger partial charge on any atom is 0.0675 e. The minimum Gasteiger partial charge on any atom is -0.342 e. The second kappa shape index (κ2) is 7.28. The molecule has 0 N–H and O–H groups in total. The fourth-order valence-electron chi connectivity index (χ4n) is 5.59. The van der Waals surface area contributed by atoms with Crippen molar-refractivity contribution in [2.24, 2.45) is 14.1 Å². The fourth-order valence-corrected chi connectivity index (χ4v) is 5.59. The summed E-state index contributed by atoms with van der Waals surface area (Å²) in [5.74, 6) is 0. The van der Waals surface area contributed by atoms with Crippen LogP contribution in [-0.4, -0.2) is 19.1 Å². The zero-order valence-corrected chi connectivity index (χ0v) is 19.9. The number of benzene rings is 3. The van der Waals surface area contributed by atoms with Gasteiger partial charge in [0.05, 0.1) is 23.4 Å². The Morgan fingerprint density at radius 3 is 1.46 bits per heavy atom. The largest absolute Gasteiger partial charge is 0.342 e. The minimum absolute atomic E-state index is 1.16. The van der Waals surface area contributed by atoms with Crippen LogP contribution in [0.1, 0.15) is 5.56 Å². The predicted molar refractivity (Wildman–Crippen MR) is 146 cm³/mol. The van der Waals surface area contributed by atoms with E-state index in [0.29, 0.717) is 0 Å². The van der Waals surface area contributed by atoms with Crippen LogP contribution in [0.15, 0.2) is 91.5 Å². The highest BCUT2D eigenvalue weighted by molar-refractivity contribution is 6.10. The Morgan fingerprint density at radius 1 is 0.486 bits per heavy atom. The average Bonchev–Trinajstić information content (AvgIpc) is 3.35. The van der Waals surface area contributed by atoms with E-state index in [9.17, 15) is 0 Å². The van der Waals surface area contributed by atoms with E-state index in [2.05, 4.69) is 107 Å². The summed E-state index contributed by atoms with van der Waals surface area (Å²) in [6, 6.07) is 24.6. The Morgan fingerprint density at radius 2 is 0.971 bits per heavy atom. The highest BCUT2D eigenvalue weighted by Gasteiger charge is 2.12. The molecule has 0 spiro atoms. The summed E-state index contributed by atoms with van der Waals surface area (Å²) in [5, 5.41) is 5.00. The van der Waals surface area contributed by atoms with Crippen LogP contribution in [0.2, 0.25) is 0 Å². The van der Waals surface area contributed by atoms with Crippen molar-refractivity contribution in [3.05, 3.63) is 97.1 Å². The molecule has 0 aliphatic carbocycles. The molecule has 0 atom stereocenters. The maximum atomic E-state index is 4.32. The molecule has 0 fully saturated rings. The third-order valence-corrected chi connectivity index (χ3v) is 7.36. The van der Waals surface area contributed by atoms with E-state index >= 15 is 0 Å². The molecule has 0 radical (unpaired) electrons. The molecule has 0 aliphatic heterocycles. The van der Waals surface area contributed by atoms with E-state index in [0.717, 1.165) is 11.0 Å². The quantitative estimate of drug-likeness (QED) is 0.274. The lowest BCUT2D eigenvalue weighted by atomic mass is 9.95. The summed E-state index contributed by atoms with van der Waals surface area (Å²) >= 11 is 0. The Balaban J connectivity index is 1.41. The molecular formula is C31H24N4. The van der Waals surface area contributed by atoms with Gasteiger partial charge >= 0.3 is 0 Å². The lowest BCUT2D eigenvalue weighted by Gasteiger charge is -2.10. The molecule has 168 valence electrons. The van der Waals surface area contributed by atoms with Crippen LogP contribution in [0.3, 0.4) is 0 Å². The summed E-state index contributed by atoms with van der Waals surface area (Å²) < 4.78 is 4.44. The Hall–Kier alpha value is -4.44. The number of aromatic nitrogens is 4. The van der Waals surface area contributed by atoms with Crippen molar-refractivity contribution in [3.63, 3.8) is 0 Å². The smallest absolute Gasteiger partial charge is 0.0675 e. The fraction of sp³-hybridized carbons (Fsp3) is 0.0968. The number of hydrogen-bond donors (Lipinski definition) is 0. The van der Waals surface area contributed by atoms with Gasteiger partial charge in [0, 0.05) is 59.1 Å². The summed E-state index contributed by atoms with van der Waals surface area (Å²) in [7, 11) is 4.21. The number of hydrogen-bond acceptors (Lipinski definition) is 2. The Bertz CT molecular complexity index is 1800. The number of rotatable bonds is 2. The summed E-state index contributed by atoms with van der Waals surface area (Å²) in [6.07, 6.45) is 7.63. The predicted octanol–water partition coefficient (Wildman–Crippen LogP) is 7.41. The van der Waals surface area contributed by atoms with Gasteiger partial charge in [-0.2, -0.15) is 0 Å². The van der Waals surface area contributed by atoms with Gasteiger partial charge in [-0.25, -0.2) is 0 Å². The van der Waals surface area contributed by atoms with Crippen molar-refractivity contribution < 1.29 is 0 Å². The van der Waals surface area contributed by atoms with Crippen molar-refractivity contribution in [1.29, 1.82) is 0 Å². The summed E-state index contributed by atoms with van der Waals surface area (Å²) in [4.78, 5) is 8.65. The molecule has 0 saturated carbocycles. The van der Waals surface area contributed by atoms with Crippen molar-refractivity contribution in [3.8, 4) is 22.3 Å². The van der Waals surface area contributed by atoms with Crippen LogP contribution in [0.4, 0.5) is 0 Å². The van der Waals surface area contributed by atoms with Gasteiger partial charge < -0.3 is 9.13 Å². The number of pyridine rings is 2. The molecule has 0 aliphatic rings. The number of fused-ring (bicyclic) bond motifs is 6. The van der Waals surface area contributed by atoms with Gasteiger partial charge in [0.15, 0.2) is 0 Å². The van der Waals surface area contributed by atoms with Gasteiger partial charge in [0.2, 0.25) is 0 Å². The first-order valence-electron chi connectivity index (χ1n) is 11.9. The van der Waals surface area contributed by atoms with Crippen LogP contribution in [-0.2, 0) is 14.1 Å². The molecule has 0 amide bonds. The van der Waals surface area contributed by atoms with Gasteiger partial charge in [-0.1, -0.05) is 24.3 Å². The van der Waals surface area contributed by atoms with Crippen molar-refractivity contribution in [1.82, 2.24) is 19.1 Å². The van der Waals surface area contributed by atoms with Crippen LogP contribution in [0.25, 0.3) is 65.9 Å². The molecule has 3 aromatic carbocycles. The Kier molecular flexibility index (Phi) is 4.15. The molecule has 0 bridgehead atoms. The third kappa shape index (κ3) is 2.93. The zero-order chi connectivity index (χ0) is 23.7. The standard InChI is InChI=1S/C31H24N4/c1-19-12-22(20-4-6-28-26(15-20)24-8-10-32-17-30(24)34(28)2)14-23(13-19)21-5-7-29-27(16-21)25-9-11-33-18-31(25)35(29)3/h4-18H,1-3H3. The molecule has 7 aromatic rings. The lowest BCUT2D eigenvalue weighted by Crippen LogP contribution is -1.88. The van der Waals surface area contributed by atoms with Gasteiger partial charge in [-0.05, 0) is 77.2 Å². The molecule has 4 heteroatoms. The van der Waals surface area contributed by atoms with E-state index in [-0.39, 0.29) is 0 Å². The van der Waals surface area contributed by atoms with Gasteiger partial charge in [0.1, 0.15) is 0 Å². The highest BCUT2D eigenvalue weighted by Crippen LogP contribution is 2.36. The van der Waals surface area contributed by atoms with Crippen LogP contribution < -0.4 is 0 Å². The van der Waals surface area contributed by atoms with Crippen LogP contribution in [0.5, 0.6) is 0 Å². The highest BCUT2D eigenvalue weighted by atomic mass is 15.0. The molecule has 0 unspecified atom stereocenters. The van der Waals surface area contributed by atoms with Crippen LogP contribution >= 0.6 is 0 Å².